The van der Waals surface area contributed by atoms with Gasteiger partial charge in [0, 0.05) is 19.2 Å². The van der Waals surface area contributed by atoms with E-state index in [4.69, 9.17) is 4.42 Å². The van der Waals surface area contributed by atoms with Crippen molar-refractivity contribution in [1.82, 2.24) is 10.2 Å². The number of hydrogen-bond acceptors (Lipinski definition) is 6. The Balaban J connectivity index is 2.13. The van der Waals surface area contributed by atoms with Crippen LogP contribution in [0.3, 0.4) is 0 Å². The average molecular weight is 296 g/mol. The maximum Gasteiger partial charge on any atom is 0.329 e. The maximum atomic E-state index is 12.1. The summed E-state index contributed by atoms with van der Waals surface area (Å²) in [6, 6.07) is 6.32. The number of nitrogens with one attached hydrogen (secondary N) is 2. The maximum absolute atomic E-state index is 12.1. The minimum atomic E-state index is -3.71. The SMILES string of the molecule is CCCNc1ccc(S(=O)(=O)Nc2nnc(C)o2)cc1. The van der Waals surface area contributed by atoms with Gasteiger partial charge in [-0.1, -0.05) is 12.0 Å². The van der Waals surface area contributed by atoms with E-state index in [2.05, 4.69) is 27.2 Å². The fraction of sp³-hybridized carbons (Fsp3) is 0.333. The highest BCUT2D eigenvalue weighted by Crippen LogP contribution is 2.17. The quantitative estimate of drug-likeness (QED) is 0.846. The van der Waals surface area contributed by atoms with Gasteiger partial charge in [0.05, 0.1) is 4.90 Å². The van der Waals surface area contributed by atoms with Gasteiger partial charge < -0.3 is 9.73 Å². The van der Waals surface area contributed by atoms with Crippen LogP contribution in [0.15, 0.2) is 33.6 Å². The third-order valence-electron chi connectivity index (χ3n) is 2.49. The number of hydrogen-bond donors (Lipinski definition) is 2. The van der Waals surface area contributed by atoms with Crippen LogP contribution in [0.1, 0.15) is 19.2 Å². The van der Waals surface area contributed by atoms with Crippen molar-refractivity contribution in [3.8, 4) is 0 Å². The van der Waals surface area contributed by atoms with Gasteiger partial charge in [0.1, 0.15) is 0 Å². The molecule has 2 aromatic rings. The lowest BCUT2D eigenvalue weighted by molar-refractivity contribution is 0.534. The second kappa shape index (κ2) is 5.91. The van der Waals surface area contributed by atoms with E-state index >= 15 is 0 Å². The number of anilines is 2. The number of aromatic nitrogens is 2. The predicted molar refractivity (Wildman–Crippen MR) is 75.1 cm³/mol. The highest BCUT2D eigenvalue weighted by atomic mass is 32.2. The number of sulfonamides is 1. The number of benzene rings is 1. The minimum absolute atomic E-state index is 0.135. The van der Waals surface area contributed by atoms with Gasteiger partial charge in [-0.2, -0.15) is 0 Å². The van der Waals surface area contributed by atoms with Crippen LogP contribution in [0.4, 0.5) is 11.7 Å². The lowest BCUT2D eigenvalue weighted by atomic mass is 10.3. The average Bonchev–Trinajstić information content (AvgIpc) is 2.81. The normalized spacial score (nSPS) is 11.3. The van der Waals surface area contributed by atoms with Crippen LogP contribution in [-0.2, 0) is 10.0 Å². The van der Waals surface area contributed by atoms with E-state index in [0.717, 1.165) is 18.7 Å². The van der Waals surface area contributed by atoms with Crippen molar-refractivity contribution in [2.75, 3.05) is 16.6 Å². The van der Waals surface area contributed by atoms with Gasteiger partial charge in [-0.3, -0.25) is 0 Å². The summed E-state index contributed by atoms with van der Waals surface area (Å²) in [5.41, 5.74) is 0.874. The molecule has 0 spiro atoms. The Kier molecular flexibility index (Phi) is 4.23. The van der Waals surface area contributed by atoms with Crippen LogP contribution < -0.4 is 10.0 Å². The molecule has 1 aromatic carbocycles. The van der Waals surface area contributed by atoms with Crippen LogP contribution in [0, 0.1) is 6.92 Å². The van der Waals surface area contributed by atoms with E-state index in [1.165, 1.54) is 12.1 Å². The molecular formula is C12H16N4O3S. The molecule has 7 nitrogen and oxygen atoms in total. The zero-order valence-corrected chi connectivity index (χ0v) is 12.1. The standard InChI is InChI=1S/C12H16N4O3S/c1-3-8-13-10-4-6-11(7-5-10)20(17,18)16-12-15-14-9(2)19-12/h4-7,13H,3,8H2,1-2H3,(H,15,16). The van der Waals surface area contributed by atoms with Crippen molar-refractivity contribution < 1.29 is 12.8 Å². The van der Waals surface area contributed by atoms with Gasteiger partial charge in [-0.25, -0.2) is 13.1 Å². The Labute approximate surface area is 117 Å². The Hall–Kier alpha value is -2.09. The highest BCUT2D eigenvalue weighted by Gasteiger charge is 2.17. The molecule has 2 rings (SSSR count). The first-order chi connectivity index (χ1) is 9.51. The number of rotatable bonds is 6. The summed E-state index contributed by atoms with van der Waals surface area (Å²) in [5, 5.41) is 10.3. The Bertz CT molecular complexity index is 664. The Morgan fingerprint density at radius 3 is 2.45 bits per heavy atom. The highest BCUT2D eigenvalue weighted by molar-refractivity contribution is 7.92. The molecular weight excluding hydrogens is 280 g/mol. The van der Waals surface area contributed by atoms with Crippen molar-refractivity contribution in [3.05, 3.63) is 30.2 Å². The lowest BCUT2D eigenvalue weighted by Crippen LogP contribution is -2.13. The molecule has 108 valence electrons. The van der Waals surface area contributed by atoms with Crippen LogP contribution in [0.5, 0.6) is 0 Å². The number of aryl methyl sites for hydroxylation is 1. The second-order valence-electron chi connectivity index (χ2n) is 4.18. The molecule has 20 heavy (non-hydrogen) atoms. The molecule has 0 amide bonds. The molecule has 0 atom stereocenters. The first-order valence-electron chi connectivity index (χ1n) is 6.18. The molecule has 0 saturated carbocycles. The first-order valence-corrected chi connectivity index (χ1v) is 7.66. The predicted octanol–water partition coefficient (Wildman–Crippen LogP) is 2.00. The van der Waals surface area contributed by atoms with E-state index < -0.39 is 10.0 Å². The van der Waals surface area contributed by atoms with Crippen LogP contribution >= 0.6 is 0 Å². The number of nitrogens with zero attached hydrogens (tertiary/aromatic N) is 2. The van der Waals surface area contributed by atoms with E-state index in [1.54, 1.807) is 19.1 Å². The summed E-state index contributed by atoms with van der Waals surface area (Å²) >= 11 is 0. The molecule has 0 aliphatic rings. The molecule has 0 bridgehead atoms. The Morgan fingerprint density at radius 1 is 1.20 bits per heavy atom. The van der Waals surface area contributed by atoms with Crippen molar-refractivity contribution in [3.63, 3.8) is 0 Å². The van der Waals surface area contributed by atoms with Gasteiger partial charge >= 0.3 is 6.01 Å². The van der Waals surface area contributed by atoms with E-state index in [1.807, 2.05) is 0 Å². The minimum Gasteiger partial charge on any atom is -0.408 e. The summed E-state index contributed by atoms with van der Waals surface area (Å²) in [5.74, 6) is 0.293. The molecule has 0 unspecified atom stereocenters. The summed E-state index contributed by atoms with van der Waals surface area (Å²) in [4.78, 5) is 0.135. The molecule has 1 aromatic heterocycles. The summed E-state index contributed by atoms with van der Waals surface area (Å²) in [6.45, 7) is 4.48. The van der Waals surface area contributed by atoms with Crippen molar-refractivity contribution in [1.29, 1.82) is 0 Å². The smallest absolute Gasteiger partial charge is 0.329 e. The van der Waals surface area contributed by atoms with Gasteiger partial charge in [-0.05, 0) is 30.7 Å². The van der Waals surface area contributed by atoms with Crippen LogP contribution in [0.25, 0.3) is 0 Å². The van der Waals surface area contributed by atoms with E-state index in [9.17, 15) is 8.42 Å². The van der Waals surface area contributed by atoms with Gasteiger partial charge in [0.2, 0.25) is 5.89 Å². The molecule has 0 radical (unpaired) electrons. The van der Waals surface area contributed by atoms with Gasteiger partial charge in [0.15, 0.2) is 0 Å². The molecule has 1 heterocycles. The largest absolute Gasteiger partial charge is 0.408 e. The molecule has 0 saturated heterocycles. The second-order valence-corrected chi connectivity index (χ2v) is 5.87. The van der Waals surface area contributed by atoms with Gasteiger partial charge in [-0.15, -0.1) is 5.10 Å². The molecule has 0 fully saturated rings. The first kappa shape index (κ1) is 14.3. The third-order valence-corrected chi connectivity index (χ3v) is 3.83. The lowest BCUT2D eigenvalue weighted by Gasteiger charge is -2.07. The topological polar surface area (TPSA) is 97.1 Å². The van der Waals surface area contributed by atoms with Crippen LogP contribution in [0.2, 0.25) is 0 Å². The van der Waals surface area contributed by atoms with Crippen molar-refractivity contribution >= 4 is 21.7 Å². The molecule has 0 aliphatic heterocycles. The fourth-order valence-corrected chi connectivity index (χ4v) is 2.46. The van der Waals surface area contributed by atoms with Crippen molar-refractivity contribution in [2.24, 2.45) is 0 Å². The van der Waals surface area contributed by atoms with E-state index in [-0.39, 0.29) is 10.9 Å². The van der Waals surface area contributed by atoms with Crippen molar-refractivity contribution in [2.45, 2.75) is 25.2 Å². The summed E-state index contributed by atoms with van der Waals surface area (Å²) in [7, 11) is -3.71. The third kappa shape index (κ3) is 3.47. The van der Waals surface area contributed by atoms with Gasteiger partial charge in [0.25, 0.3) is 10.0 Å². The zero-order valence-electron chi connectivity index (χ0n) is 11.3. The molecule has 0 aliphatic carbocycles. The van der Waals surface area contributed by atoms with E-state index in [0.29, 0.717) is 5.89 Å². The van der Waals surface area contributed by atoms with Crippen LogP contribution in [-0.4, -0.2) is 25.2 Å². The molecule has 8 heteroatoms. The summed E-state index contributed by atoms with van der Waals surface area (Å²) < 4.78 is 31.4. The summed E-state index contributed by atoms with van der Waals surface area (Å²) in [6.07, 6.45) is 0.998. The Morgan fingerprint density at radius 2 is 1.90 bits per heavy atom. The monoisotopic (exact) mass is 296 g/mol. The molecule has 2 N–H and O–H groups in total. The zero-order chi connectivity index (χ0) is 14.6. The fourth-order valence-electron chi connectivity index (χ4n) is 1.53.